The van der Waals surface area contributed by atoms with Crippen LogP contribution in [0.5, 0.6) is 0 Å². The summed E-state index contributed by atoms with van der Waals surface area (Å²) in [5.41, 5.74) is 0. The Morgan fingerprint density at radius 1 is 1.43 bits per heavy atom. The molecule has 0 unspecified atom stereocenters. The number of nitrogens with zero attached hydrogens (tertiary/aromatic N) is 4. The van der Waals surface area contributed by atoms with Crippen LogP contribution >= 0.6 is 0 Å². The van der Waals surface area contributed by atoms with Crippen LogP contribution < -0.4 is 5.32 Å². The Hall–Kier alpha value is -1.96. The lowest BCUT2D eigenvalue weighted by Crippen LogP contribution is -2.41. The number of nitrogens with one attached hydrogen (secondary N) is 1. The van der Waals surface area contributed by atoms with Gasteiger partial charge in [0.15, 0.2) is 5.82 Å². The van der Waals surface area contributed by atoms with Crippen LogP contribution in [0.4, 0.5) is 0 Å². The summed E-state index contributed by atoms with van der Waals surface area (Å²) < 4.78 is 6.90. The quantitative estimate of drug-likeness (QED) is 0.789. The molecule has 1 aliphatic heterocycles. The van der Waals surface area contributed by atoms with E-state index in [0.717, 1.165) is 19.3 Å². The summed E-state index contributed by atoms with van der Waals surface area (Å²) in [6.45, 7) is 3.80. The molecule has 1 N–H and O–H groups in total. The van der Waals surface area contributed by atoms with Crippen LogP contribution in [0.3, 0.4) is 0 Å². The summed E-state index contributed by atoms with van der Waals surface area (Å²) in [6.07, 6.45) is 5.07. The predicted octanol–water partition coefficient (Wildman–Crippen LogP) is 0.504. The van der Waals surface area contributed by atoms with E-state index in [1.54, 1.807) is 18.3 Å². The summed E-state index contributed by atoms with van der Waals surface area (Å²) in [5.74, 6) is 0.570. The van der Waals surface area contributed by atoms with Gasteiger partial charge in [0.05, 0.1) is 19.2 Å². The highest BCUT2D eigenvalue weighted by atomic mass is 16.5. The van der Waals surface area contributed by atoms with E-state index in [1.165, 1.54) is 0 Å². The van der Waals surface area contributed by atoms with Gasteiger partial charge in [-0.3, -0.25) is 9.59 Å². The first-order valence-electron chi connectivity index (χ1n) is 8.05. The number of hydrogen-bond donors (Lipinski definition) is 1. The van der Waals surface area contributed by atoms with Gasteiger partial charge in [0.1, 0.15) is 6.33 Å². The van der Waals surface area contributed by atoms with E-state index in [4.69, 9.17) is 4.74 Å². The molecule has 0 aliphatic carbocycles. The number of amides is 2. The van der Waals surface area contributed by atoms with Gasteiger partial charge in [0.2, 0.25) is 11.8 Å². The van der Waals surface area contributed by atoms with Crippen molar-refractivity contribution in [2.24, 2.45) is 0 Å². The first-order chi connectivity index (χ1) is 11.1. The molecule has 2 heterocycles. The van der Waals surface area contributed by atoms with Gasteiger partial charge in [0, 0.05) is 26.6 Å². The SMILES string of the molecule is COCCn1cnnc1[C@H](C)NC(=O)CN1CCCCCC1=O. The number of rotatable bonds is 7. The van der Waals surface area contributed by atoms with Crippen LogP contribution in [0.15, 0.2) is 6.33 Å². The molecule has 0 spiro atoms. The van der Waals surface area contributed by atoms with Crippen molar-refractivity contribution in [2.75, 3.05) is 26.8 Å². The number of carbonyl (C=O) groups is 2. The first kappa shape index (κ1) is 17.4. The van der Waals surface area contributed by atoms with E-state index < -0.39 is 0 Å². The highest BCUT2D eigenvalue weighted by molar-refractivity contribution is 5.85. The fourth-order valence-electron chi connectivity index (χ4n) is 2.69. The van der Waals surface area contributed by atoms with Crippen LogP contribution in [0.25, 0.3) is 0 Å². The molecule has 1 saturated heterocycles. The monoisotopic (exact) mass is 323 g/mol. The van der Waals surface area contributed by atoms with Crippen LogP contribution in [-0.2, 0) is 20.9 Å². The van der Waals surface area contributed by atoms with Gasteiger partial charge >= 0.3 is 0 Å². The Kier molecular flexibility index (Phi) is 6.52. The molecule has 23 heavy (non-hydrogen) atoms. The van der Waals surface area contributed by atoms with Crippen molar-refractivity contribution in [3.8, 4) is 0 Å². The highest BCUT2D eigenvalue weighted by Gasteiger charge is 2.21. The Morgan fingerprint density at radius 3 is 3.04 bits per heavy atom. The van der Waals surface area contributed by atoms with Crippen molar-refractivity contribution in [3.05, 3.63) is 12.2 Å². The zero-order chi connectivity index (χ0) is 16.7. The first-order valence-corrected chi connectivity index (χ1v) is 8.05. The normalized spacial score (nSPS) is 17.0. The molecule has 1 fully saturated rings. The number of hydrogen-bond acceptors (Lipinski definition) is 5. The number of carbonyl (C=O) groups excluding carboxylic acids is 2. The molecule has 0 bridgehead atoms. The number of ether oxygens (including phenoxy) is 1. The molecule has 1 aromatic heterocycles. The lowest BCUT2D eigenvalue weighted by atomic mass is 10.2. The second-order valence-corrected chi connectivity index (χ2v) is 5.79. The highest BCUT2D eigenvalue weighted by Crippen LogP contribution is 2.12. The summed E-state index contributed by atoms with van der Waals surface area (Å²) in [7, 11) is 1.63. The minimum absolute atomic E-state index is 0.0635. The molecule has 128 valence electrons. The van der Waals surface area contributed by atoms with E-state index in [0.29, 0.717) is 31.9 Å². The molecule has 1 aromatic rings. The minimum atomic E-state index is -0.274. The average molecular weight is 323 g/mol. The molecule has 2 rings (SSSR count). The Balaban J connectivity index is 1.89. The Bertz CT molecular complexity index is 531. The van der Waals surface area contributed by atoms with E-state index >= 15 is 0 Å². The summed E-state index contributed by atoms with van der Waals surface area (Å²) in [4.78, 5) is 25.8. The third-order valence-electron chi connectivity index (χ3n) is 3.95. The maximum atomic E-state index is 12.2. The smallest absolute Gasteiger partial charge is 0.240 e. The van der Waals surface area contributed by atoms with Crippen molar-refractivity contribution < 1.29 is 14.3 Å². The average Bonchev–Trinajstić information content (AvgIpc) is 2.90. The zero-order valence-corrected chi connectivity index (χ0v) is 13.8. The lowest BCUT2D eigenvalue weighted by Gasteiger charge is -2.21. The van der Waals surface area contributed by atoms with Gasteiger partial charge in [0.25, 0.3) is 0 Å². The zero-order valence-electron chi connectivity index (χ0n) is 13.8. The maximum absolute atomic E-state index is 12.2. The second kappa shape index (κ2) is 8.61. The molecule has 1 atom stereocenters. The summed E-state index contributed by atoms with van der Waals surface area (Å²) in [5, 5.41) is 10.8. The van der Waals surface area contributed by atoms with Crippen molar-refractivity contribution in [1.29, 1.82) is 0 Å². The third-order valence-corrected chi connectivity index (χ3v) is 3.95. The molecular weight excluding hydrogens is 298 g/mol. The summed E-state index contributed by atoms with van der Waals surface area (Å²) in [6, 6.07) is -0.274. The molecule has 0 aromatic carbocycles. The number of methoxy groups -OCH3 is 1. The predicted molar refractivity (Wildman–Crippen MR) is 83.5 cm³/mol. The van der Waals surface area contributed by atoms with E-state index in [2.05, 4.69) is 15.5 Å². The minimum Gasteiger partial charge on any atom is -0.383 e. The van der Waals surface area contributed by atoms with Gasteiger partial charge in [-0.25, -0.2) is 0 Å². The van der Waals surface area contributed by atoms with Crippen molar-refractivity contribution in [3.63, 3.8) is 0 Å². The van der Waals surface area contributed by atoms with Gasteiger partial charge in [-0.05, 0) is 19.8 Å². The largest absolute Gasteiger partial charge is 0.383 e. The fourth-order valence-corrected chi connectivity index (χ4v) is 2.69. The molecule has 0 radical (unpaired) electrons. The maximum Gasteiger partial charge on any atom is 0.240 e. The number of likely N-dealkylation sites (tertiary alicyclic amines) is 1. The summed E-state index contributed by atoms with van der Waals surface area (Å²) >= 11 is 0. The van der Waals surface area contributed by atoms with Crippen LogP contribution in [0, 0.1) is 0 Å². The van der Waals surface area contributed by atoms with Gasteiger partial charge in [-0.2, -0.15) is 0 Å². The molecule has 1 aliphatic rings. The fraction of sp³-hybridized carbons (Fsp3) is 0.733. The van der Waals surface area contributed by atoms with Crippen molar-refractivity contribution >= 4 is 11.8 Å². The van der Waals surface area contributed by atoms with E-state index in [1.807, 2.05) is 11.5 Å². The standard InChI is InChI=1S/C15H25N5O3/c1-12(15-18-16-11-20(15)8-9-23-2)17-13(21)10-19-7-5-3-4-6-14(19)22/h11-12H,3-10H2,1-2H3,(H,17,21)/t12-/m0/s1. The molecule has 8 nitrogen and oxygen atoms in total. The topological polar surface area (TPSA) is 89.3 Å². The van der Waals surface area contributed by atoms with Gasteiger partial charge < -0.3 is 19.5 Å². The van der Waals surface area contributed by atoms with E-state index in [9.17, 15) is 9.59 Å². The second-order valence-electron chi connectivity index (χ2n) is 5.79. The van der Waals surface area contributed by atoms with Gasteiger partial charge in [-0.1, -0.05) is 6.42 Å². The third kappa shape index (κ3) is 5.02. The molecule has 8 heteroatoms. The Morgan fingerprint density at radius 2 is 2.26 bits per heavy atom. The lowest BCUT2D eigenvalue weighted by molar-refractivity contribution is -0.135. The van der Waals surface area contributed by atoms with Gasteiger partial charge in [-0.15, -0.1) is 10.2 Å². The molecule has 2 amide bonds. The van der Waals surface area contributed by atoms with Crippen LogP contribution in [0.1, 0.15) is 44.5 Å². The van der Waals surface area contributed by atoms with Crippen LogP contribution in [0.2, 0.25) is 0 Å². The molecular formula is C15H25N5O3. The van der Waals surface area contributed by atoms with Crippen molar-refractivity contribution in [1.82, 2.24) is 25.0 Å². The molecule has 0 saturated carbocycles. The van der Waals surface area contributed by atoms with E-state index in [-0.39, 0.29) is 24.4 Å². The Labute approximate surface area is 136 Å². The van der Waals surface area contributed by atoms with Crippen molar-refractivity contribution in [2.45, 2.75) is 45.2 Å². The number of aromatic nitrogens is 3. The van der Waals surface area contributed by atoms with Crippen LogP contribution in [-0.4, -0.2) is 58.3 Å².